The zero-order chi connectivity index (χ0) is 22.5. The molecule has 1 aliphatic rings. The molecule has 3 atom stereocenters. The number of hydrogen-bond donors (Lipinski definition) is 7. The normalized spacial score (nSPS) is 17.6. The molecular formula is C18H31N5O7. The number of nitrogens with one attached hydrogen (secondary N) is 4. The van der Waals surface area contributed by atoms with Gasteiger partial charge in [0, 0.05) is 6.42 Å². The first-order chi connectivity index (χ1) is 14.2. The van der Waals surface area contributed by atoms with Crippen molar-refractivity contribution in [2.45, 2.75) is 63.1 Å². The van der Waals surface area contributed by atoms with E-state index in [0.717, 1.165) is 13.0 Å². The molecule has 1 fully saturated rings. The predicted octanol–water partition coefficient (Wildman–Crippen LogP) is -2.10. The first kappa shape index (κ1) is 25.3. The fraction of sp³-hybridized carbons (Fsp3) is 0.722. The van der Waals surface area contributed by atoms with Gasteiger partial charge in [-0.15, -0.1) is 0 Å². The predicted molar refractivity (Wildman–Crippen MR) is 105 cm³/mol. The van der Waals surface area contributed by atoms with Gasteiger partial charge in [0.25, 0.3) is 0 Å². The van der Waals surface area contributed by atoms with E-state index in [-0.39, 0.29) is 31.3 Å². The van der Waals surface area contributed by atoms with Crippen molar-refractivity contribution in [2.75, 3.05) is 19.6 Å². The summed E-state index contributed by atoms with van der Waals surface area (Å²) in [5.74, 6) is -4.21. The summed E-state index contributed by atoms with van der Waals surface area (Å²) in [6, 6.07) is -2.79. The summed E-state index contributed by atoms with van der Waals surface area (Å²) in [6.45, 7) is 0.726. The highest BCUT2D eigenvalue weighted by atomic mass is 16.4. The molecule has 0 radical (unpaired) electrons. The largest absolute Gasteiger partial charge is 0.481 e. The highest BCUT2D eigenvalue weighted by Crippen LogP contribution is 2.05. The molecule has 12 nitrogen and oxygen atoms in total. The van der Waals surface area contributed by atoms with Crippen LogP contribution in [0.25, 0.3) is 0 Å². The Labute approximate surface area is 174 Å². The van der Waals surface area contributed by atoms with Crippen molar-refractivity contribution in [1.82, 2.24) is 21.3 Å². The summed E-state index contributed by atoms with van der Waals surface area (Å²) in [7, 11) is 0. The molecule has 0 bridgehead atoms. The molecule has 0 aromatic heterocycles. The molecule has 8 N–H and O–H groups in total. The first-order valence-electron chi connectivity index (χ1n) is 10.00. The molecule has 1 rings (SSSR count). The number of nitrogens with two attached hydrogens (primary N) is 1. The molecule has 3 unspecified atom stereocenters. The maximum absolute atomic E-state index is 12.5. The minimum Gasteiger partial charge on any atom is -0.481 e. The van der Waals surface area contributed by atoms with Gasteiger partial charge in [0.1, 0.15) is 12.1 Å². The number of carboxylic acid groups (broad SMARTS) is 2. The molecule has 0 saturated carbocycles. The van der Waals surface area contributed by atoms with Gasteiger partial charge in [-0.25, -0.2) is 4.79 Å². The maximum Gasteiger partial charge on any atom is 0.326 e. The fourth-order valence-corrected chi connectivity index (χ4v) is 3.00. The van der Waals surface area contributed by atoms with Gasteiger partial charge in [-0.3, -0.25) is 19.2 Å². The maximum atomic E-state index is 12.5. The smallest absolute Gasteiger partial charge is 0.326 e. The van der Waals surface area contributed by atoms with E-state index in [1.807, 2.05) is 0 Å². The summed E-state index contributed by atoms with van der Waals surface area (Å²) in [6.07, 6.45) is 2.13. The fourth-order valence-electron chi connectivity index (χ4n) is 3.00. The van der Waals surface area contributed by atoms with Crippen LogP contribution in [0.15, 0.2) is 0 Å². The van der Waals surface area contributed by atoms with Gasteiger partial charge < -0.3 is 37.2 Å². The molecule has 3 amide bonds. The van der Waals surface area contributed by atoms with Crippen molar-refractivity contribution in [2.24, 2.45) is 5.73 Å². The van der Waals surface area contributed by atoms with Gasteiger partial charge in [0.05, 0.1) is 12.6 Å². The van der Waals surface area contributed by atoms with Crippen LogP contribution in [0.5, 0.6) is 0 Å². The Bertz CT molecular complexity index is 622. The third-order valence-electron chi connectivity index (χ3n) is 4.66. The van der Waals surface area contributed by atoms with Gasteiger partial charge in [0.15, 0.2) is 0 Å². The monoisotopic (exact) mass is 429 g/mol. The van der Waals surface area contributed by atoms with Crippen LogP contribution < -0.4 is 27.0 Å². The summed E-state index contributed by atoms with van der Waals surface area (Å²) >= 11 is 0. The highest BCUT2D eigenvalue weighted by molar-refractivity contribution is 5.92. The number of aliphatic carboxylic acids is 2. The molecular weight excluding hydrogens is 398 g/mol. The Morgan fingerprint density at radius 2 is 1.77 bits per heavy atom. The van der Waals surface area contributed by atoms with Crippen molar-refractivity contribution in [3.63, 3.8) is 0 Å². The second-order valence-corrected chi connectivity index (χ2v) is 7.10. The van der Waals surface area contributed by atoms with Crippen LogP contribution >= 0.6 is 0 Å². The molecule has 1 saturated heterocycles. The van der Waals surface area contributed by atoms with Crippen molar-refractivity contribution in [3.05, 3.63) is 0 Å². The van der Waals surface area contributed by atoms with Crippen LogP contribution in [0, 0.1) is 0 Å². The SMILES string of the molecule is NCCCCC(NC(=O)C(CCC(=O)O)NC(=O)CNC(=O)C1CCCN1)C(=O)O. The lowest BCUT2D eigenvalue weighted by atomic mass is 10.1. The van der Waals surface area contributed by atoms with E-state index in [2.05, 4.69) is 21.3 Å². The Kier molecular flexibility index (Phi) is 11.4. The molecule has 0 aromatic rings. The van der Waals surface area contributed by atoms with Crippen molar-refractivity contribution < 1.29 is 34.2 Å². The van der Waals surface area contributed by atoms with Crippen molar-refractivity contribution in [1.29, 1.82) is 0 Å². The van der Waals surface area contributed by atoms with Crippen molar-refractivity contribution >= 4 is 29.7 Å². The zero-order valence-electron chi connectivity index (χ0n) is 16.8. The zero-order valence-corrected chi connectivity index (χ0v) is 16.8. The third-order valence-corrected chi connectivity index (χ3v) is 4.66. The lowest BCUT2D eigenvalue weighted by Gasteiger charge is -2.21. The number of amides is 3. The molecule has 30 heavy (non-hydrogen) atoms. The highest BCUT2D eigenvalue weighted by Gasteiger charge is 2.27. The summed E-state index contributed by atoms with van der Waals surface area (Å²) < 4.78 is 0. The molecule has 1 heterocycles. The van der Waals surface area contributed by atoms with E-state index in [1.54, 1.807) is 0 Å². The molecule has 170 valence electrons. The Morgan fingerprint density at radius 3 is 2.33 bits per heavy atom. The van der Waals surface area contributed by atoms with E-state index < -0.39 is 42.3 Å². The second-order valence-electron chi connectivity index (χ2n) is 7.10. The number of rotatable bonds is 14. The lowest BCUT2D eigenvalue weighted by Crippen LogP contribution is -2.53. The minimum atomic E-state index is -1.24. The minimum absolute atomic E-state index is 0.155. The van der Waals surface area contributed by atoms with Gasteiger partial charge in [-0.2, -0.15) is 0 Å². The molecule has 0 aromatic carbocycles. The first-order valence-corrected chi connectivity index (χ1v) is 10.00. The molecule has 1 aliphatic heterocycles. The van der Waals surface area contributed by atoms with Crippen LogP contribution in [0.3, 0.4) is 0 Å². The second kappa shape index (κ2) is 13.5. The van der Waals surface area contributed by atoms with Crippen LogP contribution in [-0.2, 0) is 24.0 Å². The van der Waals surface area contributed by atoms with Gasteiger partial charge in [-0.05, 0) is 51.6 Å². The number of hydrogen-bond acceptors (Lipinski definition) is 7. The summed E-state index contributed by atoms with van der Waals surface area (Å²) in [4.78, 5) is 58.8. The Morgan fingerprint density at radius 1 is 1.03 bits per heavy atom. The van der Waals surface area contributed by atoms with E-state index in [0.29, 0.717) is 25.8 Å². The summed E-state index contributed by atoms with van der Waals surface area (Å²) in [5, 5.41) is 28.3. The third kappa shape index (κ3) is 9.65. The topological polar surface area (TPSA) is 200 Å². The van der Waals surface area contributed by atoms with Crippen LogP contribution in [0.4, 0.5) is 0 Å². The van der Waals surface area contributed by atoms with Crippen LogP contribution in [0.2, 0.25) is 0 Å². The van der Waals surface area contributed by atoms with Gasteiger partial charge >= 0.3 is 11.9 Å². The number of carboxylic acids is 2. The van der Waals surface area contributed by atoms with Crippen molar-refractivity contribution in [3.8, 4) is 0 Å². The average Bonchev–Trinajstić information content (AvgIpc) is 3.23. The van der Waals surface area contributed by atoms with Crippen LogP contribution in [0.1, 0.15) is 44.9 Å². The number of unbranched alkanes of at least 4 members (excludes halogenated alkanes) is 1. The Balaban J connectivity index is 2.63. The summed E-state index contributed by atoms with van der Waals surface area (Å²) in [5.41, 5.74) is 5.38. The molecule has 12 heteroatoms. The average molecular weight is 429 g/mol. The van der Waals surface area contributed by atoms with E-state index in [9.17, 15) is 29.1 Å². The Hall–Kier alpha value is -2.73. The number of carbonyl (C=O) groups is 5. The quantitative estimate of drug-likeness (QED) is 0.151. The number of carbonyl (C=O) groups excluding carboxylic acids is 3. The van der Waals surface area contributed by atoms with Gasteiger partial charge in [-0.1, -0.05) is 0 Å². The van der Waals surface area contributed by atoms with E-state index in [4.69, 9.17) is 10.8 Å². The van der Waals surface area contributed by atoms with E-state index >= 15 is 0 Å². The molecule has 0 aliphatic carbocycles. The molecule has 0 spiro atoms. The lowest BCUT2D eigenvalue weighted by molar-refractivity contribution is -0.143. The van der Waals surface area contributed by atoms with E-state index in [1.165, 1.54) is 0 Å². The van der Waals surface area contributed by atoms with Gasteiger partial charge in [0.2, 0.25) is 17.7 Å². The standard InChI is InChI=1S/C18H31N5O7/c19-8-2-1-4-13(18(29)30)23-17(28)12(6-7-15(25)26)22-14(24)10-21-16(27)11-5-3-9-20-11/h11-13,20H,1-10,19H2,(H,21,27)(H,22,24)(H,23,28)(H,25,26)(H,29,30). The van der Waals surface area contributed by atoms with Crippen LogP contribution in [-0.4, -0.2) is 77.6 Å².